The van der Waals surface area contributed by atoms with Crippen LogP contribution in [0.15, 0.2) is 171 Å². The Kier molecular flexibility index (Phi) is 43.5. The zero-order valence-electron chi connectivity index (χ0n) is 69.9. The molecule has 3 aliphatic rings. The molecule has 2 atom stereocenters. The topological polar surface area (TPSA) is 293 Å². The van der Waals surface area contributed by atoms with E-state index in [1.165, 1.54) is 74.6 Å². The van der Waals surface area contributed by atoms with Gasteiger partial charge in [-0.1, -0.05) is 6.42 Å². The van der Waals surface area contributed by atoms with Crippen LogP contribution in [0.2, 0.25) is 0 Å². The Morgan fingerprint density at radius 3 is 1.30 bits per heavy atom. The van der Waals surface area contributed by atoms with Crippen molar-refractivity contribution < 1.29 is 83.9 Å². The molecule has 5 amide bonds. The quantitative estimate of drug-likeness (QED) is 0.00939. The molecule has 2 aliphatic heterocycles. The van der Waals surface area contributed by atoms with E-state index in [1.807, 2.05) is 101 Å². The molecule has 0 bridgehead atoms. The van der Waals surface area contributed by atoms with Crippen molar-refractivity contribution in [3.05, 3.63) is 275 Å². The smallest absolute Gasteiger partial charge is 0.253 e. The fourth-order valence-corrected chi connectivity index (χ4v) is 17.0. The number of alkyl halides is 1. The van der Waals surface area contributed by atoms with E-state index < -0.39 is 95.0 Å². The fraction of sp³-hybridized carbons (Fsp3) is 0.297. The Morgan fingerprint density at radius 2 is 0.844 bits per heavy atom. The average molecular weight is 2470 g/mol. The van der Waals surface area contributed by atoms with Crippen molar-refractivity contribution in [1.29, 1.82) is 0 Å². The number of aliphatic imine (C=N–C) groups is 1. The third-order valence-electron chi connectivity index (χ3n) is 19.8. The number of carbonyl (C=O) groups is 5. The molecular formula is C91H94Br2F9I5N12O9. The van der Waals surface area contributed by atoms with E-state index in [9.17, 15) is 68.6 Å². The van der Waals surface area contributed by atoms with Gasteiger partial charge in [0.25, 0.3) is 29.5 Å². The number of hydrogen-bond donors (Lipinski definition) is 13. The van der Waals surface area contributed by atoms with Gasteiger partial charge in [-0.25, -0.2) is 44.5 Å². The van der Waals surface area contributed by atoms with Crippen LogP contribution in [-0.2, 0) is 4.79 Å². The van der Waals surface area contributed by atoms with Gasteiger partial charge in [0.05, 0.1) is 90.2 Å². The number of nitrogens with zero attached hydrogens (tertiary/aromatic N) is 3. The van der Waals surface area contributed by atoms with Gasteiger partial charge in [0.2, 0.25) is 0 Å². The molecule has 0 saturated carbocycles. The number of benzene rings is 9. The highest BCUT2D eigenvalue weighted by atomic mass is 127. The molecule has 37 heteroatoms. The lowest BCUT2D eigenvalue weighted by atomic mass is 9.98. The van der Waals surface area contributed by atoms with Gasteiger partial charge in [0.1, 0.15) is 5.82 Å². The summed E-state index contributed by atoms with van der Waals surface area (Å²) in [4.78, 5) is 70.9. The summed E-state index contributed by atoms with van der Waals surface area (Å²) in [5.74, 6) is -10.4. The normalized spacial score (nSPS) is 14.2. The first-order chi connectivity index (χ1) is 61.0. The number of nitrogens with one attached hydrogen (secondary N) is 9. The van der Waals surface area contributed by atoms with Gasteiger partial charge in [-0.3, -0.25) is 24.0 Å². The van der Waals surface area contributed by atoms with Gasteiger partial charge in [0, 0.05) is 93.0 Å². The molecule has 9 aromatic carbocycles. The number of carbonyl (C=O) groups excluding carboxylic acids is 5. The molecular weight excluding hydrogens is 2370 g/mol. The third kappa shape index (κ3) is 31.6. The maximum Gasteiger partial charge on any atom is 0.253 e. The Balaban J connectivity index is 0.000000198. The number of allylic oxidation sites excluding steroid dienone is 3. The number of aliphatic hydroxyl groups excluding tert-OH is 4. The second kappa shape index (κ2) is 52.6. The van der Waals surface area contributed by atoms with Gasteiger partial charge >= 0.3 is 0 Å². The minimum absolute atomic E-state index is 0.00443. The van der Waals surface area contributed by atoms with Crippen LogP contribution in [0.5, 0.6) is 0 Å². The predicted octanol–water partition coefficient (Wildman–Crippen LogP) is 20.0. The van der Waals surface area contributed by atoms with Crippen LogP contribution in [0, 0.1) is 93.2 Å². The summed E-state index contributed by atoms with van der Waals surface area (Å²) in [6.07, 6.45) is 4.50. The molecule has 2 saturated heterocycles. The number of piperidine rings is 1. The zero-order chi connectivity index (χ0) is 93.6. The van der Waals surface area contributed by atoms with Crippen molar-refractivity contribution in [3.8, 4) is 0 Å². The molecule has 0 radical (unpaired) electrons. The molecule has 0 aromatic heterocycles. The summed E-state index contributed by atoms with van der Waals surface area (Å²) in [5, 5.41) is 60.4. The SMILES string of the molecule is Cc1cc(I)ccc1N=C1C(C(=O)NCCN2CCCC2)=CC(Br)=C(F)C1F.Cc1cc(I)ccc1Nc1c(C(=O)NCCCO)ccc(F)c1F.Cc1cc(I)ccc1Nc1c(C(=O)NCCN2CCCCC2)cc(Br)c(F)c1F.Cc1cc(I)ccc1Nc1c(C(=O)NCCO)ccc(F)c1F.Cc1cc(I)ccc1Nc1cc(F)ccc1C(=O)NCC(O)CO. The second-order valence-electron chi connectivity index (χ2n) is 29.4. The molecule has 1 aliphatic carbocycles. The molecule has 0 spiro atoms. The van der Waals surface area contributed by atoms with E-state index in [-0.39, 0.29) is 92.4 Å². The van der Waals surface area contributed by atoms with Gasteiger partial charge < -0.3 is 78.1 Å². The van der Waals surface area contributed by atoms with Crippen LogP contribution in [0.4, 0.5) is 90.7 Å². The standard InChI is InChI=1S/C21H23BrF2IN3O.C20H21BrF2IN3O.C17H17F2IN2O2.C17H18FIN2O3.C16H15F2IN2O2/c1-13-11-14(25)5-6-17(13)27-20-15(12-16(22)18(23)19(20)24)21(29)26-7-10-28-8-3-2-4-9-28;1-12-10-13(24)4-5-16(12)26-19-14(11-15(21)17(22)18(19)23)20(28)25-6-9-27-7-2-3-8-27;1-10-9-11(20)3-6-14(10)22-16-12(4-5-13(18)15(16)19)17(24)21-7-2-8-23;1-10-6-12(19)3-5-15(10)21-16-7-11(18)2-4-14(16)17(24)20-8-13(23)9-22;1-9-8-10(19)2-5-13(9)21-15-11(16(23)20-6-7-22)3-4-12(17)14(15)18/h5-6,11-12,27H,2-4,7-10H2,1H3,(H,26,29);4-5,10-11,18H,2-3,6-9H2,1H3,(H,25,28);3-6,9,22-23H,2,7-8H2,1H3,(H,21,24);2-7,13,21-23H,8-9H2,1H3,(H,20,24);2-5,8,21-22H,6-7H2,1H3,(H,20,23). The summed E-state index contributed by atoms with van der Waals surface area (Å²) in [5.41, 5.74) is 7.26. The number of aryl methyl sites for hydroxylation is 5. The van der Waals surface area contributed by atoms with Gasteiger partial charge in [-0.2, -0.15) is 0 Å². The maximum atomic E-state index is 14.7. The number of likely N-dealkylation sites (tertiary alicyclic amines) is 2. The monoisotopic (exact) mass is 2460 g/mol. The van der Waals surface area contributed by atoms with Crippen molar-refractivity contribution in [3.63, 3.8) is 0 Å². The molecule has 2 heterocycles. The Morgan fingerprint density at radius 1 is 0.438 bits per heavy atom. The van der Waals surface area contributed by atoms with Gasteiger partial charge in [-0.05, 0) is 411 Å². The zero-order valence-corrected chi connectivity index (χ0v) is 83.8. The summed E-state index contributed by atoms with van der Waals surface area (Å²) in [7, 11) is 0. The van der Waals surface area contributed by atoms with Crippen LogP contribution in [0.3, 0.4) is 0 Å². The lowest BCUT2D eigenvalue weighted by Gasteiger charge is -2.26. The molecule has 9 aromatic rings. The number of anilines is 8. The van der Waals surface area contributed by atoms with Crippen molar-refractivity contribution in [1.82, 2.24) is 36.4 Å². The van der Waals surface area contributed by atoms with E-state index in [1.54, 1.807) is 24.3 Å². The van der Waals surface area contributed by atoms with Crippen LogP contribution < -0.4 is 47.9 Å². The van der Waals surface area contributed by atoms with E-state index in [0.29, 0.717) is 47.9 Å². The maximum absolute atomic E-state index is 14.7. The Labute approximate surface area is 821 Å². The molecule has 21 nitrogen and oxygen atoms in total. The first-order valence-corrected chi connectivity index (χ1v) is 47.2. The molecule has 128 heavy (non-hydrogen) atoms. The lowest BCUT2D eigenvalue weighted by molar-refractivity contribution is -0.117. The molecule has 684 valence electrons. The first kappa shape index (κ1) is 106. The third-order valence-corrected chi connectivity index (χ3v) is 24.3. The highest BCUT2D eigenvalue weighted by Gasteiger charge is 2.34. The largest absolute Gasteiger partial charge is 0.396 e. The minimum atomic E-state index is -2.09. The molecule has 12 rings (SSSR count). The number of aliphatic hydroxyl groups is 4. The fourth-order valence-electron chi connectivity index (χ4n) is 12.9. The van der Waals surface area contributed by atoms with Crippen molar-refractivity contribution >= 4 is 231 Å². The van der Waals surface area contributed by atoms with E-state index in [2.05, 4.69) is 207 Å². The summed E-state index contributed by atoms with van der Waals surface area (Å²) in [6, 6.07) is 37.1. The van der Waals surface area contributed by atoms with Gasteiger partial charge in [0.15, 0.2) is 46.9 Å². The van der Waals surface area contributed by atoms with Gasteiger partial charge in [-0.15, -0.1) is 0 Å². The van der Waals surface area contributed by atoms with Crippen molar-refractivity contribution in [2.75, 3.05) is 113 Å². The Bertz CT molecular complexity index is 5550. The summed E-state index contributed by atoms with van der Waals surface area (Å²) in [6.45, 7) is 15.3. The highest BCUT2D eigenvalue weighted by Crippen LogP contribution is 2.37. The van der Waals surface area contributed by atoms with E-state index >= 15 is 0 Å². The number of halogens is 16. The molecule has 2 unspecified atom stereocenters. The van der Waals surface area contributed by atoms with Crippen LogP contribution in [0.1, 0.15) is 108 Å². The average Bonchev–Trinajstić information content (AvgIpc) is 0.809. The first-order valence-electron chi connectivity index (χ1n) is 40.2. The van der Waals surface area contributed by atoms with Crippen LogP contribution in [-0.4, -0.2) is 170 Å². The van der Waals surface area contributed by atoms with E-state index in [0.717, 1.165) is 103 Å². The minimum Gasteiger partial charge on any atom is -0.396 e. The number of amides is 5. The predicted molar refractivity (Wildman–Crippen MR) is 533 cm³/mol. The number of hydrogen-bond acceptors (Lipinski definition) is 16. The molecule has 2 fully saturated rings. The number of rotatable bonds is 28. The lowest BCUT2D eigenvalue weighted by Crippen LogP contribution is -2.38. The summed E-state index contributed by atoms with van der Waals surface area (Å²) >= 11 is 16.9. The van der Waals surface area contributed by atoms with E-state index in [4.69, 9.17) is 15.3 Å². The van der Waals surface area contributed by atoms with Crippen LogP contribution >= 0.6 is 145 Å². The van der Waals surface area contributed by atoms with Crippen molar-refractivity contribution in [2.24, 2.45) is 4.99 Å². The van der Waals surface area contributed by atoms with Crippen molar-refractivity contribution in [2.45, 2.75) is 85.4 Å². The van der Waals surface area contributed by atoms with Crippen LogP contribution in [0.25, 0.3) is 0 Å². The molecule has 13 N–H and O–H groups in total. The second-order valence-corrected chi connectivity index (χ2v) is 37.3. The Hall–Kier alpha value is -7.58. The summed E-state index contributed by atoms with van der Waals surface area (Å²) < 4.78 is 132. The highest BCUT2D eigenvalue weighted by molar-refractivity contribution is 14.1.